The zero-order valence-electron chi connectivity index (χ0n) is 13.2. The van der Waals surface area contributed by atoms with E-state index < -0.39 is 5.41 Å². The van der Waals surface area contributed by atoms with Crippen molar-refractivity contribution in [3.8, 4) is 0 Å². The highest BCUT2D eigenvalue weighted by molar-refractivity contribution is 6.06. The highest BCUT2D eigenvalue weighted by Gasteiger charge is 2.41. The summed E-state index contributed by atoms with van der Waals surface area (Å²) < 4.78 is 0. The standard InChI is InChI=1S/C15H29N3O2/c1-5-15(6-2,12(16)18-20)13(19)17-11-7-9-14(3,4)10-8-11/h11,20H,5-10H2,1-4H3,(H2,16,18)(H,17,19). The van der Waals surface area contributed by atoms with Crippen LogP contribution in [-0.4, -0.2) is 23.0 Å². The normalized spacial score (nSPS) is 20.7. The smallest absolute Gasteiger partial charge is 0.234 e. The molecule has 0 unspecified atom stereocenters. The van der Waals surface area contributed by atoms with Crippen LogP contribution in [0.25, 0.3) is 0 Å². The van der Waals surface area contributed by atoms with Crippen molar-refractivity contribution in [2.75, 3.05) is 0 Å². The largest absolute Gasteiger partial charge is 0.409 e. The summed E-state index contributed by atoms with van der Waals surface area (Å²) in [6.07, 6.45) is 5.29. The van der Waals surface area contributed by atoms with E-state index in [9.17, 15) is 4.79 Å². The summed E-state index contributed by atoms with van der Waals surface area (Å²) in [6, 6.07) is 0.208. The van der Waals surface area contributed by atoms with E-state index in [1.807, 2.05) is 13.8 Å². The van der Waals surface area contributed by atoms with Crippen LogP contribution in [0, 0.1) is 10.8 Å². The van der Waals surface area contributed by atoms with Crippen molar-refractivity contribution < 1.29 is 10.0 Å². The predicted octanol–water partition coefficient (Wildman–Crippen LogP) is 2.62. The first-order valence-electron chi connectivity index (χ1n) is 7.60. The molecule has 0 saturated heterocycles. The number of carbonyl (C=O) groups is 1. The molecule has 0 bridgehead atoms. The van der Waals surface area contributed by atoms with Gasteiger partial charge in [-0.3, -0.25) is 4.79 Å². The predicted molar refractivity (Wildman–Crippen MR) is 80.6 cm³/mol. The minimum absolute atomic E-state index is 0.0103. The lowest BCUT2D eigenvalue weighted by atomic mass is 9.75. The molecule has 116 valence electrons. The lowest BCUT2D eigenvalue weighted by molar-refractivity contribution is -0.129. The zero-order valence-corrected chi connectivity index (χ0v) is 13.2. The van der Waals surface area contributed by atoms with Gasteiger partial charge in [-0.1, -0.05) is 32.9 Å². The Morgan fingerprint density at radius 1 is 1.35 bits per heavy atom. The van der Waals surface area contributed by atoms with Gasteiger partial charge >= 0.3 is 0 Å². The maximum Gasteiger partial charge on any atom is 0.234 e. The number of nitrogens with two attached hydrogens (primary N) is 1. The van der Waals surface area contributed by atoms with Crippen molar-refractivity contribution in [2.24, 2.45) is 21.7 Å². The first-order valence-corrected chi connectivity index (χ1v) is 7.60. The Hall–Kier alpha value is -1.26. The number of nitrogens with one attached hydrogen (secondary N) is 1. The fraction of sp³-hybridized carbons (Fsp3) is 0.867. The van der Waals surface area contributed by atoms with Crippen molar-refractivity contribution in [2.45, 2.75) is 72.3 Å². The number of hydrogen-bond donors (Lipinski definition) is 3. The molecule has 0 spiro atoms. The van der Waals surface area contributed by atoms with E-state index in [0.717, 1.165) is 25.7 Å². The Balaban J connectivity index is 2.74. The third-order valence-corrected chi connectivity index (χ3v) is 4.91. The quantitative estimate of drug-likeness (QED) is 0.314. The van der Waals surface area contributed by atoms with Crippen molar-refractivity contribution in [1.29, 1.82) is 0 Å². The minimum atomic E-state index is -0.887. The summed E-state index contributed by atoms with van der Waals surface area (Å²) >= 11 is 0. The molecule has 1 saturated carbocycles. The van der Waals surface area contributed by atoms with Crippen molar-refractivity contribution in [1.82, 2.24) is 5.32 Å². The van der Waals surface area contributed by atoms with Crippen LogP contribution in [0.3, 0.4) is 0 Å². The van der Waals surface area contributed by atoms with Crippen molar-refractivity contribution in [3.05, 3.63) is 0 Å². The molecule has 1 aliphatic carbocycles. The molecule has 1 aliphatic rings. The van der Waals surface area contributed by atoms with Gasteiger partial charge in [0.05, 0.1) is 0 Å². The average Bonchev–Trinajstić information content (AvgIpc) is 2.42. The zero-order chi connectivity index (χ0) is 15.4. The number of amidine groups is 1. The van der Waals surface area contributed by atoms with E-state index >= 15 is 0 Å². The molecule has 0 aliphatic heterocycles. The lowest BCUT2D eigenvalue weighted by Crippen LogP contribution is -2.52. The van der Waals surface area contributed by atoms with Gasteiger partial charge in [-0.25, -0.2) is 0 Å². The van der Waals surface area contributed by atoms with Crippen LogP contribution in [0.4, 0.5) is 0 Å². The number of oxime groups is 1. The molecule has 1 fully saturated rings. The van der Waals surface area contributed by atoms with Crippen molar-refractivity contribution >= 4 is 11.7 Å². The van der Waals surface area contributed by atoms with E-state index in [-0.39, 0.29) is 17.8 Å². The molecule has 0 aromatic rings. The molecule has 5 nitrogen and oxygen atoms in total. The van der Waals surface area contributed by atoms with Crippen LogP contribution in [0.2, 0.25) is 0 Å². The van der Waals surface area contributed by atoms with Gasteiger partial charge in [0, 0.05) is 6.04 Å². The molecule has 5 heteroatoms. The second kappa shape index (κ2) is 6.46. The van der Waals surface area contributed by atoms with Gasteiger partial charge < -0.3 is 16.3 Å². The second-order valence-electron chi connectivity index (χ2n) is 6.69. The number of nitrogens with zero attached hydrogens (tertiary/aromatic N) is 1. The van der Waals surface area contributed by atoms with E-state index in [1.165, 1.54) is 0 Å². The third-order valence-electron chi connectivity index (χ3n) is 4.91. The molecule has 0 heterocycles. The topological polar surface area (TPSA) is 87.7 Å². The molecule has 20 heavy (non-hydrogen) atoms. The highest BCUT2D eigenvalue weighted by atomic mass is 16.4. The maximum atomic E-state index is 12.6. The number of amides is 1. The molecule has 4 N–H and O–H groups in total. The van der Waals surface area contributed by atoms with E-state index in [1.54, 1.807) is 0 Å². The summed E-state index contributed by atoms with van der Waals surface area (Å²) in [6.45, 7) is 8.32. The Kier molecular flexibility index (Phi) is 5.42. The summed E-state index contributed by atoms with van der Waals surface area (Å²) in [5, 5.41) is 15.1. The van der Waals surface area contributed by atoms with Gasteiger partial charge in [0.2, 0.25) is 5.91 Å². The SMILES string of the molecule is CCC(CC)(C(=O)NC1CCC(C)(C)CC1)C(N)=NO. The first kappa shape index (κ1) is 16.8. The maximum absolute atomic E-state index is 12.6. The summed E-state index contributed by atoms with van der Waals surface area (Å²) in [7, 11) is 0. The van der Waals surface area contributed by atoms with Gasteiger partial charge in [0.1, 0.15) is 5.41 Å². The third kappa shape index (κ3) is 3.44. The highest BCUT2D eigenvalue weighted by Crippen LogP contribution is 2.36. The minimum Gasteiger partial charge on any atom is -0.409 e. The van der Waals surface area contributed by atoms with Gasteiger partial charge in [0.15, 0.2) is 5.84 Å². The molecule has 0 aromatic heterocycles. The average molecular weight is 283 g/mol. The molecule has 1 amide bonds. The number of rotatable bonds is 5. The lowest BCUT2D eigenvalue weighted by Gasteiger charge is -2.37. The van der Waals surface area contributed by atoms with Crippen molar-refractivity contribution in [3.63, 3.8) is 0 Å². The monoisotopic (exact) mass is 283 g/mol. The fourth-order valence-corrected chi connectivity index (χ4v) is 3.01. The van der Waals surface area contributed by atoms with Gasteiger partial charge in [-0.2, -0.15) is 0 Å². The van der Waals surface area contributed by atoms with Crippen LogP contribution in [0.5, 0.6) is 0 Å². The van der Waals surface area contributed by atoms with E-state index in [2.05, 4.69) is 24.3 Å². The Labute approximate surface area is 122 Å². The second-order valence-corrected chi connectivity index (χ2v) is 6.69. The summed E-state index contributed by atoms with van der Waals surface area (Å²) in [4.78, 5) is 12.6. The van der Waals surface area contributed by atoms with Crippen LogP contribution < -0.4 is 11.1 Å². The molecular weight excluding hydrogens is 254 g/mol. The molecule has 0 radical (unpaired) electrons. The Bertz CT molecular complexity index is 363. The van der Waals surface area contributed by atoms with Crippen LogP contribution in [0.1, 0.15) is 66.2 Å². The number of carbonyl (C=O) groups excluding carboxylic acids is 1. The Morgan fingerprint density at radius 2 is 1.85 bits per heavy atom. The first-order chi connectivity index (χ1) is 9.31. The Morgan fingerprint density at radius 3 is 2.25 bits per heavy atom. The van der Waals surface area contributed by atoms with Gasteiger partial charge in [0.25, 0.3) is 0 Å². The summed E-state index contributed by atoms with van der Waals surface area (Å²) in [5.41, 5.74) is 5.25. The number of hydrogen-bond acceptors (Lipinski definition) is 3. The molecule has 0 atom stereocenters. The van der Waals surface area contributed by atoms with Crippen LogP contribution in [-0.2, 0) is 4.79 Å². The summed E-state index contributed by atoms with van der Waals surface area (Å²) in [5.74, 6) is -0.0985. The van der Waals surface area contributed by atoms with E-state index in [4.69, 9.17) is 10.9 Å². The fourth-order valence-electron chi connectivity index (χ4n) is 3.01. The molecule has 1 rings (SSSR count). The van der Waals surface area contributed by atoms with E-state index in [0.29, 0.717) is 18.3 Å². The van der Waals surface area contributed by atoms with Crippen LogP contribution in [0.15, 0.2) is 5.16 Å². The van der Waals surface area contributed by atoms with Gasteiger partial charge in [-0.05, 0) is 43.9 Å². The van der Waals surface area contributed by atoms with Crippen LogP contribution >= 0.6 is 0 Å². The van der Waals surface area contributed by atoms with Gasteiger partial charge in [-0.15, -0.1) is 0 Å². The molecule has 0 aromatic carbocycles. The molecular formula is C15H29N3O2.